The van der Waals surface area contributed by atoms with Gasteiger partial charge in [-0.2, -0.15) is 0 Å². The number of hydrogen-bond donors (Lipinski definition) is 1. The van der Waals surface area contributed by atoms with Gasteiger partial charge in [-0.05, 0) is 30.4 Å². The molecule has 1 N–H and O–H groups in total. The lowest BCUT2D eigenvalue weighted by atomic mass is 10.2. The standard InChI is InChI=1S/C16H22Cl2N2O3S/c1-10(2)8-19-24(22,23)15-6-12(13(17)7-14(15)18)16(21)20-5-4-11(3)9-20/h6-7,10-11,19H,4-5,8-9H2,1-3H3. The largest absolute Gasteiger partial charge is 0.338 e. The van der Waals surface area contributed by atoms with Crippen molar-refractivity contribution in [1.82, 2.24) is 9.62 Å². The van der Waals surface area contributed by atoms with Crippen molar-refractivity contribution in [2.24, 2.45) is 11.8 Å². The minimum Gasteiger partial charge on any atom is -0.338 e. The fraction of sp³-hybridized carbons (Fsp3) is 0.562. The molecule has 0 radical (unpaired) electrons. The number of sulfonamides is 1. The zero-order valence-electron chi connectivity index (χ0n) is 14.0. The van der Waals surface area contributed by atoms with E-state index in [0.29, 0.717) is 19.0 Å². The predicted molar refractivity (Wildman–Crippen MR) is 96.2 cm³/mol. The highest BCUT2D eigenvalue weighted by atomic mass is 35.5. The summed E-state index contributed by atoms with van der Waals surface area (Å²) < 4.78 is 27.4. The highest BCUT2D eigenvalue weighted by Gasteiger charge is 2.28. The molecular weight excluding hydrogens is 371 g/mol. The van der Waals surface area contributed by atoms with Crippen LogP contribution < -0.4 is 4.72 Å². The summed E-state index contributed by atoms with van der Waals surface area (Å²) in [5, 5.41) is 0.162. The quantitative estimate of drug-likeness (QED) is 0.834. The van der Waals surface area contributed by atoms with Crippen molar-refractivity contribution in [3.63, 3.8) is 0 Å². The third kappa shape index (κ3) is 4.42. The average molecular weight is 393 g/mol. The molecule has 1 fully saturated rings. The molecule has 0 bridgehead atoms. The van der Waals surface area contributed by atoms with Crippen LogP contribution in [0.3, 0.4) is 0 Å². The Labute approximate surface area is 153 Å². The zero-order chi connectivity index (χ0) is 18.1. The van der Waals surface area contributed by atoms with Gasteiger partial charge in [-0.1, -0.05) is 44.0 Å². The Hall–Kier alpha value is -0.820. The summed E-state index contributed by atoms with van der Waals surface area (Å²) in [5.74, 6) is 0.315. The van der Waals surface area contributed by atoms with Crippen LogP contribution in [0.2, 0.25) is 10.0 Å². The third-order valence-electron chi connectivity index (χ3n) is 3.93. The maximum absolute atomic E-state index is 12.7. The van der Waals surface area contributed by atoms with Crippen LogP contribution in [0.5, 0.6) is 0 Å². The topological polar surface area (TPSA) is 66.5 Å². The summed E-state index contributed by atoms with van der Waals surface area (Å²) >= 11 is 12.2. The molecule has 1 aromatic rings. The van der Waals surface area contributed by atoms with Crippen molar-refractivity contribution in [3.8, 4) is 0 Å². The van der Waals surface area contributed by atoms with Gasteiger partial charge in [0.15, 0.2) is 0 Å². The van der Waals surface area contributed by atoms with Crippen LogP contribution in [0, 0.1) is 11.8 Å². The van der Waals surface area contributed by atoms with E-state index < -0.39 is 10.0 Å². The van der Waals surface area contributed by atoms with E-state index in [0.717, 1.165) is 6.42 Å². The van der Waals surface area contributed by atoms with Crippen LogP contribution >= 0.6 is 23.2 Å². The van der Waals surface area contributed by atoms with Crippen LogP contribution in [0.4, 0.5) is 0 Å². The van der Waals surface area contributed by atoms with Gasteiger partial charge in [-0.3, -0.25) is 4.79 Å². The second-order valence-electron chi connectivity index (χ2n) is 6.65. The average Bonchev–Trinajstić information content (AvgIpc) is 2.91. The molecule has 1 aliphatic heterocycles. The van der Waals surface area contributed by atoms with E-state index in [2.05, 4.69) is 11.6 Å². The number of nitrogens with one attached hydrogen (secondary N) is 1. The van der Waals surface area contributed by atoms with Crippen LogP contribution in [0.1, 0.15) is 37.6 Å². The van der Waals surface area contributed by atoms with Crippen molar-refractivity contribution in [2.45, 2.75) is 32.1 Å². The molecule has 134 valence electrons. The Balaban J connectivity index is 2.36. The number of amides is 1. The lowest BCUT2D eigenvalue weighted by molar-refractivity contribution is 0.0788. The van der Waals surface area contributed by atoms with Crippen LogP contribution in [0.25, 0.3) is 0 Å². The SMILES string of the molecule is CC(C)CNS(=O)(=O)c1cc(C(=O)N2CCC(C)C2)c(Cl)cc1Cl. The van der Waals surface area contributed by atoms with Gasteiger partial charge in [0.25, 0.3) is 5.91 Å². The molecule has 8 heteroatoms. The molecular formula is C16H22Cl2N2O3S. The zero-order valence-corrected chi connectivity index (χ0v) is 16.3. The maximum atomic E-state index is 12.7. The summed E-state index contributed by atoms with van der Waals surface area (Å²) in [7, 11) is -3.80. The van der Waals surface area contributed by atoms with Crippen molar-refractivity contribution in [3.05, 3.63) is 27.7 Å². The van der Waals surface area contributed by atoms with E-state index in [9.17, 15) is 13.2 Å². The summed E-state index contributed by atoms with van der Waals surface area (Å²) in [6.45, 7) is 7.44. The Kier molecular flexibility index (Phi) is 6.18. The van der Waals surface area contributed by atoms with Gasteiger partial charge < -0.3 is 4.90 Å². The van der Waals surface area contributed by atoms with Crippen molar-refractivity contribution in [1.29, 1.82) is 0 Å². The van der Waals surface area contributed by atoms with Crippen molar-refractivity contribution < 1.29 is 13.2 Å². The van der Waals surface area contributed by atoms with E-state index >= 15 is 0 Å². The van der Waals surface area contributed by atoms with Crippen molar-refractivity contribution in [2.75, 3.05) is 19.6 Å². The minimum atomic E-state index is -3.80. The first-order valence-corrected chi connectivity index (χ1v) is 10.1. The number of rotatable bonds is 5. The predicted octanol–water partition coefficient (Wildman–Crippen LogP) is 3.41. The highest BCUT2D eigenvalue weighted by Crippen LogP contribution is 2.30. The lowest BCUT2D eigenvalue weighted by Crippen LogP contribution is -2.30. The van der Waals surface area contributed by atoms with Crippen molar-refractivity contribution >= 4 is 39.1 Å². The number of halogens is 2. The summed E-state index contributed by atoms with van der Waals surface area (Å²) in [6, 6.07) is 2.60. The van der Waals surface area contributed by atoms with Crippen LogP contribution in [-0.4, -0.2) is 38.9 Å². The molecule has 1 heterocycles. The number of likely N-dealkylation sites (tertiary alicyclic amines) is 1. The van der Waals surface area contributed by atoms with E-state index in [4.69, 9.17) is 23.2 Å². The smallest absolute Gasteiger partial charge is 0.255 e. The van der Waals surface area contributed by atoms with E-state index in [1.165, 1.54) is 12.1 Å². The molecule has 1 aromatic carbocycles. The molecule has 1 amide bonds. The molecule has 1 saturated heterocycles. The minimum absolute atomic E-state index is 0.00240. The van der Waals surface area contributed by atoms with E-state index in [1.54, 1.807) is 4.90 Å². The molecule has 0 aromatic heterocycles. The Morgan fingerprint density at radius 3 is 2.54 bits per heavy atom. The summed E-state index contributed by atoms with van der Waals surface area (Å²) in [4.78, 5) is 14.2. The number of benzene rings is 1. The Morgan fingerprint density at radius 1 is 1.33 bits per heavy atom. The van der Waals surface area contributed by atoms with E-state index in [1.807, 2.05) is 13.8 Å². The van der Waals surface area contributed by atoms with Gasteiger partial charge in [0.2, 0.25) is 10.0 Å². The lowest BCUT2D eigenvalue weighted by Gasteiger charge is -2.18. The highest BCUT2D eigenvalue weighted by molar-refractivity contribution is 7.89. The van der Waals surface area contributed by atoms with Crippen LogP contribution in [-0.2, 0) is 10.0 Å². The van der Waals surface area contributed by atoms with E-state index in [-0.39, 0.29) is 38.9 Å². The number of nitrogens with zero attached hydrogens (tertiary/aromatic N) is 1. The summed E-state index contributed by atoms with van der Waals surface area (Å²) in [5.41, 5.74) is 0.167. The third-order valence-corrected chi connectivity index (χ3v) is 6.14. The molecule has 0 saturated carbocycles. The number of hydrogen-bond acceptors (Lipinski definition) is 3. The molecule has 2 rings (SSSR count). The van der Waals surface area contributed by atoms with Gasteiger partial charge >= 0.3 is 0 Å². The van der Waals surface area contributed by atoms with Crippen LogP contribution in [0.15, 0.2) is 17.0 Å². The Morgan fingerprint density at radius 2 is 2.00 bits per heavy atom. The molecule has 5 nitrogen and oxygen atoms in total. The second-order valence-corrected chi connectivity index (χ2v) is 9.20. The molecule has 0 aliphatic carbocycles. The van der Waals surface area contributed by atoms with Gasteiger partial charge in [-0.25, -0.2) is 13.1 Å². The van der Waals surface area contributed by atoms with Gasteiger partial charge in [0.05, 0.1) is 15.6 Å². The maximum Gasteiger partial charge on any atom is 0.255 e. The fourth-order valence-electron chi connectivity index (χ4n) is 2.54. The number of carbonyl (C=O) groups excluding carboxylic acids is 1. The first kappa shape index (κ1) is 19.5. The monoisotopic (exact) mass is 392 g/mol. The normalized spacial score (nSPS) is 18.4. The Bertz CT molecular complexity index is 735. The van der Waals surface area contributed by atoms with Gasteiger partial charge in [0.1, 0.15) is 4.90 Å². The molecule has 1 unspecified atom stereocenters. The first-order valence-electron chi connectivity index (χ1n) is 7.89. The van der Waals surface area contributed by atoms with Gasteiger partial charge in [0, 0.05) is 19.6 Å². The van der Waals surface area contributed by atoms with Gasteiger partial charge in [-0.15, -0.1) is 0 Å². The first-order chi connectivity index (χ1) is 11.1. The molecule has 0 spiro atoms. The molecule has 24 heavy (non-hydrogen) atoms. The molecule has 1 atom stereocenters. The number of carbonyl (C=O) groups is 1. The second kappa shape index (κ2) is 7.60. The molecule has 1 aliphatic rings. The fourth-order valence-corrected chi connectivity index (χ4v) is 4.61. The summed E-state index contributed by atoms with van der Waals surface area (Å²) in [6.07, 6.45) is 0.929.